The number of likely N-dealkylation sites (tertiary alicyclic amines) is 1. The number of piperidine rings is 1. The van der Waals surface area contributed by atoms with Crippen LogP contribution in [0.1, 0.15) is 18.9 Å². The Labute approximate surface area is 87.3 Å². The Kier molecular flexibility index (Phi) is 2.49. The fourth-order valence-corrected chi connectivity index (χ4v) is 1.87. The Balaban J connectivity index is 1.96. The number of amides is 1. The molecule has 0 spiro atoms. The highest BCUT2D eigenvalue weighted by Gasteiger charge is 2.23. The zero-order chi connectivity index (χ0) is 10.8. The van der Waals surface area contributed by atoms with E-state index in [-0.39, 0.29) is 6.04 Å². The summed E-state index contributed by atoms with van der Waals surface area (Å²) in [5.41, 5.74) is 6.22. The van der Waals surface area contributed by atoms with Crippen LogP contribution in [0.15, 0.2) is 12.4 Å². The lowest BCUT2D eigenvalue weighted by Crippen LogP contribution is -2.38. The van der Waals surface area contributed by atoms with E-state index in [4.69, 9.17) is 10.8 Å². The number of nitrogen functional groups attached to an aromatic ring is 1. The molecule has 6 nitrogen and oxygen atoms in total. The number of aromatic nitrogens is 2. The van der Waals surface area contributed by atoms with Crippen molar-refractivity contribution in [2.45, 2.75) is 18.9 Å². The molecule has 1 aliphatic heterocycles. The molecule has 0 aliphatic carbocycles. The molecule has 1 aliphatic rings. The van der Waals surface area contributed by atoms with Crippen LogP contribution in [0.4, 0.5) is 10.5 Å². The third-order valence-electron chi connectivity index (χ3n) is 2.73. The van der Waals surface area contributed by atoms with Crippen molar-refractivity contribution in [2.24, 2.45) is 0 Å². The summed E-state index contributed by atoms with van der Waals surface area (Å²) < 4.78 is 1.83. The smallest absolute Gasteiger partial charge is 0.407 e. The number of nitrogens with zero attached hydrogens (tertiary/aromatic N) is 3. The first-order chi connectivity index (χ1) is 7.16. The van der Waals surface area contributed by atoms with Gasteiger partial charge in [-0.25, -0.2) is 4.79 Å². The van der Waals surface area contributed by atoms with Crippen LogP contribution < -0.4 is 5.73 Å². The van der Waals surface area contributed by atoms with E-state index in [0.717, 1.165) is 12.8 Å². The minimum Gasteiger partial charge on any atom is -0.465 e. The standard InChI is InChI=1S/C9H14N4O2/c10-7-5-11-13(6-7)8-1-3-12(4-2-8)9(14)15/h5-6,8H,1-4,10H2,(H,14,15). The lowest BCUT2D eigenvalue weighted by molar-refractivity contribution is 0.124. The zero-order valence-corrected chi connectivity index (χ0v) is 8.33. The Hall–Kier alpha value is -1.72. The van der Waals surface area contributed by atoms with E-state index in [1.807, 2.05) is 4.68 Å². The van der Waals surface area contributed by atoms with Gasteiger partial charge in [-0.05, 0) is 12.8 Å². The molecule has 0 bridgehead atoms. The molecule has 3 N–H and O–H groups in total. The van der Waals surface area contributed by atoms with Gasteiger partial charge in [0.1, 0.15) is 0 Å². The third kappa shape index (κ3) is 2.03. The summed E-state index contributed by atoms with van der Waals surface area (Å²) in [6, 6.07) is 0.276. The van der Waals surface area contributed by atoms with Crippen LogP contribution in [0.2, 0.25) is 0 Å². The van der Waals surface area contributed by atoms with Crippen LogP contribution in [0.3, 0.4) is 0 Å². The second-order valence-electron chi connectivity index (χ2n) is 3.75. The van der Waals surface area contributed by atoms with E-state index in [2.05, 4.69) is 5.10 Å². The minimum absolute atomic E-state index is 0.276. The van der Waals surface area contributed by atoms with Crippen LogP contribution in [-0.4, -0.2) is 39.0 Å². The number of nitrogens with two attached hydrogens (primary N) is 1. The molecule has 1 amide bonds. The highest BCUT2D eigenvalue weighted by Crippen LogP contribution is 2.22. The van der Waals surface area contributed by atoms with Crippen LogP contribution in [0.5, 0.6) is 0 Å². The molecule has 0 saturated carbocycles. The van der Waals surface area contributed by atoms with Gasteiger partial charge in [0.15, 0.2) is 0 Å². The van der Waals surface area contributed by atoms with Gasteiger partial charge in [-0.15, -0.1) is 0 Å². The molecule has 0 aromatic carbocycles. The Morgan fingerprint density at radius 2 is 2.20 bits per heavy atom. The van der Waals surface area contributed by atoms with Gasteiger partial charge in [0, 0.05) is 19.3 Å². The average molecular weight is 210 g/mol. The molecule has 15 heavy (non-hydrogen) atoms. The molecule has 2 heterocycles. The zero-order valence-electron chi connectivity index (χ0n) is 8.33. The predicted molar refractivity (Wildman–Crippen MR) is 54.5 cm³/mol. The summed E-state index contributed by atoms with van der Waals surface area (Å²) in [4.78, 5) is 12.1. The van der Waals surface area contributed by atoms with E-state index < -0.39 is 6.09 Å². The number of carboxylic acid groups (broad SMARTS) is 1. The molecule has 0 atom stereocenters. The SMILES string of the molecule is Nc1cnn(C2CCN(C(=O)O)CC2)c1. The van der Waals surface area contributed by atoms with Crippen molar-refractivity contribution in [3.8, 4) is 0 Å². The Bertz CT molecular complexity index is 355. The van der Waals surface area contributed by atoms with Crippen LogP contribution in [-0.2, 0) is 0 Å². The van der Waals surface area contributed by atoms with Gasteiger partial charge in [-0.2, -0.15) is 5.10 Å². The summed E-state index contributed by atoms with van der Waals surface area (Å²) in [6.07, 6.45) is 4.17. The Morgan fingerprint density at radius 1 is 1.53 bits per heavy atom. The second-order valence-corrected chi connectivity index (χ2v) is 3.75. The molecular formula is C9H14N4O2. The average Bonchev–Trinajstić information content (AvgIpc) is 2.65. The first-order valence-electron chi connectivity index (χ1n) is 4.94. The van der Waals surface area contributed by atoms with E-state index in [0.29, 0.717) is 18.8 Å². The molecule has 82 valence electrons. The molecule has 1 fully saturated rings. The molecule has 1 aromatic heterocycles. The largest absolute Gasteiger partial charge is 0.465 e. The van der Waals surface area contributed by atoms with E-state index in [1.165, 1.54) is 4.90 Å². The molecule has 1 saturated heterocycles. The van der Waals surface area contributed by atoms with Crippen LogP contribution in [0, 0.1) is 0 Å². The maximum absolute atomic E-state index is 10.7. The summed E-state index contributed by atoms with van der Waals surface area (Å²) in [7, 11) is 0. The Morgan fingerprint density at radius 3 is 2.67 bits per heavy atom. The fourth-order valence-electron chi connectivity index (χ4n) is 1.87. The highest BCUT2D eigenvalue weighted by molar-refractivity contribution is 5.64. The lowest BCUT2D eigenvalue weighted by atomic mass is 10.1. The molecular weight excluding hydrogens is 196 g/mol. The van der Waals surface area contributed by atoms with Crippen LogP contribution in [0.25, 0.3) is 0 Å². The van der Waals surface area contributed by atoms with E-state index in [9.17, 15) is 4.79 Å². The maximum atomic E-state index is 10.7. The number of hydrogen-bond donors (Lipinski definition) is 2. The normalized spacial score (nSPS) is 18.0. The van der Waals surface area contributed by atoms with Gasteiger partial charge in [-0.1, -0.05) is 0 Å². The summed E-state index contributed by atoms with van der Waals surface area (Å²) in [5, 5.41) is 12.9. The van der Waals surface area contributed by atoms with E-state index in [1.54, 1.807) is 12.4 Å². The monoisotopic (exact) mass is 210 g/mol. The maximum Gasteiger partial charge on any atom is 0.407 e. The number of hydrogen-bond acceptors (Lipinski definition) is 3. The molecule has 0 radical (unpaired) electrons. The van der Waals surface area contributed by atoms with Gasteiger partial charge < -0.3 is 15.7 Å². The van der Waals surface area contributed by atoms with Gasteiger partial charge in [0.2, 0.25) is 0 Å². The van der Waals surface area contributed by atoms with Gasteiger partial charge >= 0.3 is 6.09 Å². The number of carbonyl (C=O) groups is 1. The summed E-state index contributed by atoms with van der Waals surface area (Å²) >= 11 is 0. The highest BCUT2D eigenvalue weighted by atomic mass is 16.4. The van der Waals surface area contributed by atoms with Gasteiger partial charge in [0.25, 0.3) is 0 Å². The van der Waals surface area contributed by atoms with Crippen molar-refractivity contribution in [1.29, 1.82) is 0 Å². The summed E-state index contributed by atoms with van der Waals surface area (Å²) in [5.74, 6) is 0. The first kappa shape index (κ1) is 9.82. The first-order valence-corrected chi connectivity index (χ1v) is 4.94. The predicted octanol–water partition coefficient (Wildman–Crippen LogP) is 0.780. The third-order valence-corrected chi connectivity index (χ3v) is 2.73. The van der Waals surface area contributed by atoms with Crippen molar-refractivity contribution >= 4 is 11.8 Å². The minimum atomic E-state index is -0.839. The second kappa shape index (κ2) is 3.80. The van der Waals surface area contributed by atoms with E-state index >= 15 is 0 Å². The quantitative estimate of drug-likeness (QED) is 0.717. The molecule has 6 heteroatoms. The van der Waals surface area contributed by atoms with Crippen molar-refractivity contribution in [3.63, 3.8) is 0 Å². The number of anilines is 1. The lowest BCUT2D eigenvalue weighted by Gasteiger charge is -2.29. The number of rotatable bonds is 1. The molecule has 2 rings (SSSR count). The molecule has 0 unspecified atom stereocenters. The summed E-state index contributed by atoms with van der Waals surface area (Å²) in [6.45, 7) is 1.14. The van der Waals surface area contributed by atoms with Crippen LogP contribution >= 0.6 is 0 Å². The fraction of sp³-hybridized carbons (Fsp3) is 0.556. The topological polar surface area (TPSA) is 84.4 Å². The van der Waals surface area contributed by atoms with Crippen molar-refractivity contribution in [2.75, 3.05) is 18.8 Å². The van der Waals surface area contributed by atoms with Crippen molar-refractivity contribution < 1.29 is 9.90 Å². The molecule has 1 aromatic rings. The van der Waals surface area contributed by atoms with Gasteiger partial charge in [0.05, 0.1) is 17.9 Å². The van der Waals surface area contributed by atoms with Gasteiger partial charge in [-0.3, -0.25) is 4.68 Å². The van der Waals surface area contributed by atoms with Crippen molar-refractivity contribution in [1.82, 2.24) is 14.7 Å². The van der Waals surface area contributed by atoms with Crippen molar-refractivity contribution in [3.05, 3.63) is 12.4 Å².